The van der Waals surface area contributed by atoms with Crippen molar-refractivity contribution in [1.82, 2.24) is 4.90 Å². The molecule has 0 saturated heterocycles. The maximum atomic E-state index is 7.05. The largest absolute Gasteiger partial charge is 0.487 e. The lowest BCUT2D eigenvalue weighted by atomic mass is 9.69. The molecule has 0 bridgehead atoms. The van der Waals surface area contributed by atoms with Gasteiger partial charge in [0, 0.05) is 41.3 Å². The molecule has 7 atom stereocenters. The summed E-state index contributed by atoms with van der Waals surface area (Å²) in [6.45, 7) is 0. The maximum Gasteiger partial charge on any atom is 0.126 e. The molecule has 9 rings (SSSR count). The lowest BCUT2D eigenvalue weighted by Gasteiger charge is -2.51. The summed E-state index contributed by atoms with van der Waals surface area (Å²) in [4.78, 5) is 6.31. The van der Waals surface area contributed by atoms with E-state index >= 15 is 0 Å². The zero-order valence-corrected chi connectivity index (χ0v) is 32.1. The van der Waals surface area contributed by atoms with E-state index in [1.54, 1.807) is 11.3 Å². The lowest BCUT2D eigenvalue weighted by Crippen LogP contribution is -2.55. The van der Waals surface area contributed by atoms with Gasteiger partial charge in [0.05, 0.1) is 6.04 Å². The number of benzene rings is 2. The van der Waals surface area contributed by atoms with Crippen LogP contribution >= 0.6 is 0 Å². The highest BCUT2D eigenvalue weighted by molar-refractivity contribution is 5.58. The SMILES string of the molecule is c1ccc2c(c1)OC1C2CCCC1N(c1ccccc1C1CCCCC1)C1CCCC(C2CCCC(N(C3CCCCC3)C3CCCCC3)C2)C1. The van der Waals surface area contributed by atoms with Crippen LogP contribution in [0.15, 0.2) is 48.5 Å². The van der Waals surface area contributed by atoms with E-state index in [9.17, 15) is 0 Å². The van der Waals surface area contributed by atoms with Crippen LogP contribution in [-0.2, 0) is 0 Å². The molecule has 0 N–H and O–H groups in total. The molecule has 51 heavy (non-hydrogen) atoms. The van der Waals surface area contributed by atoms with Crippen molar-refractivity contribution in [2.75, 3.05) is 4.90 Å². The van der Waals surface area contributed by atoms with Crippen LogP contribution in [0.1, 0.15) is 190 Å². The van der Waals surface area contributed by atoms with E-state index in [-0.39, 0.29) is 6.10 Å². The third-order valence-electron chi connectivity index (χ3n) is 15.8. The average Bonchev–Trinajstić information content (AvgIpc) is 3.59. The molecule has 278 valence electrons. The van der Waals surface area contributed by atoms with Gasteiger partial charge in [0.2, 0.25) is 0 Å². The minimum Gasteiger partial charge on any atom is -0.487 e. The zero-order chi connectivity index (χ0) is 34.0. The highest BCUT2D eigenvalue weighted by Gasteiger charge is 2.48. The molecule has 3 heteroatoms. The van der Waals surface area contributed by atoms with Crippen LogP contribution in [0.25, 0.3) is 0 Å². The molecular formula is C48H70N2O. The molecule has 0 radical (unpaired) electrons. The fourth-order valence-corrected chi connectivity index (χ4v) is 13.5. The van der Waals surface area contributed by atoms with Crippen LogP contribution in [0.4, 0.5) is 5.69 Å². The molecular weight excluding hydrogens is 621 g/mol. The molecule has 0 aromatic heterocycles. The van der Waals surface area contributed by atoms with Gasteiger partial charge < -0.3 is 9.64 Å². The predicted octanol–water partition coefficient (Wildman–Crippen LogP) is 12.7. The summed E-state index contributed by atoms with van der Waals surface area (Å²) in [6, 6.07) is 22.6. The second-order valence-corrected chi connectivity index (χ2v) is 18.7. The van der Waals surface area contributed by atoms with E-state index in [1.165, 1.54) is 178 Å². The van der Waals surface area contributed by atoms with Gasteiger partial charge in [-0.3, -0.25) is 4.90 Å². The standard InChI is InChI=1S/C48H70N2O/c1-4-17-35(18-5-1)42-27-10-12-30-45(42)50(46-31-16-29-44-43-28-11-13-32-47(43)51-48(44)46)41-26-15-20-37(34-41)36-19-14-25-40(33-36)49(38-21-6-2-7-22-38)39-23-8-3-9-24-39/h10-13,27-28,30,32,35-41,44,46,48H,1-9,14-26,29,31,33-34H2. The summed E-state index contributed by atoms with van der Waals surface area (Å²) in [5, 5.41) is 0. The highest BCUT2D eigenvalue weighted by Crippen LogP contribution is 2.51. The average molecular weight is 691 g/mol. The molecule has 2 aromatic rings. The van der Waals surface area contributed by atoms with Crippen molar-refractivity contribution in [2.45, 2.75) is 215 Å². The Morgan fingerprint density at radius 2 is 1.00 bits per heavy atom. The summed E-state index contributed by atoms with van der Waals surface area (Å²) < 4.78 is 7.05. The van der Waals surface area contributed by atoms with Crippen LogP contribution in [0, 0.1) is 11.8 Å². The Hall–Kier alpha value is -2.00. The van der Waals surface area contributed by atoms with Crippen LogP contribution in [0.3, 0.4) is 0 Å². The van der Waals surface area contributed by atoms with Crippen molar-refractivity contribution in [3.05, 3.63) is 59.7 Å². The topological polar surface area (TPSA) is 15.7 Å². The van der Waals surface area contributed by atoms with Gasteiger partial charge >= 0.3 is 0 Å². The molecule has 6 aliphatic carbocycles. The highest BCUT2D eigenvalue weighted by atomic mass is 16.5. The lowest BCUT2D eigenvalue weighted by molar-refractivity contribution is 0.00190. The molecule has 7 unspecified atom stereocenters. The number of fused-ring (bicyclic) bond motifs is 3. The van der Waals surface area contributed by atoms with Crippen molar-refractivity contribution >= 4 is 5.69 Å². The van der Waals surface area contributed by atoms with E-state index < -0.39 is 0 Å². The molecule has 6 saturated carbocycles. The van der Waals surface area contributed by atoms with Gasteiger partial charge in [-0.15, -0.1) is 0 Å². The molecule has 2 aromatic carbocycles. The van der Waals surface area contributed by atoms with Gasteiger partial charge in [-0.05, 0) is 112 Å². The first-order chi connectivity index (χ1) is 25.3. The summed E-state index contributed by atoms with van der Waals surface area (Å²) in [6.07, 6.45) is 37.5. The zero-order valence-electron chi connectivity index (χ0n) is 32.1. The van der Waals surface area contributed by atoms with Gasteiger partial charge in [-0.2, -0.15) is 0 Å². The monoisotopic (exact) mass is 691 g/mol. The number of rotatable bonds is 8. The summed E-state index contributed by atoms with van der Waals surface area (Å²) in [5.41, 5.74) is 4.76. The Bertz CT molecular complexity index is 1390. The van der Waals surface area contributed by atoms with Crippen LogP contribution < -0.4 is 9.64 Å². The van der Waals surface area contributed by atoms with Crippen molar-refractivity contribution < 1.29 is 4.74 Å². The van der Waals surface area contributed by atoms with Crippen molar-refractivity contribution in [1.29, 1.82) is 0 Å². The molecule has 1 heterocycles. The number of para-hydroxylation sites is 2. The quantitative estimate of drug-likeness (QED) is 0.274. The Balaban J connectivity index is 0.998. The molecule has 1 aliphatic heterocycles. The second kappa shape index (κ2) is 16.2. The van der Waals surface area contributed by atoms with Gasteiger partial charge in [0.1, 0.15) is 11.9 Å². The van der Waals surface area contributed by atoms with E-state index in [1.807, 2.05) is 0 Å². The van der Waals surface area contributed by atoms with E-state index in [2.05, 4.69) is 58.3 Å². The Kier molecular flexibility index (Phi) is 11.0. The van der Waals surface area contributed by atoms with Crippen LogP contribution in [0.5, 0.6) is 5.75 Å². The van der Waals surface area contributed by atoms with Crippen molar-refractivity contribution in [2.24, 2.45) is 11.8 Å². The van der Waals surface area contributed by atoms with E-state index in [0.29, 0.717) is 18.0 Å². The fourth-order valence-electron chi connectivity index (χ4n) is 13.5. The number of anilines is 1. The fraction of sp³-hybridized carbons (Fsp3) is 0.750. The normalized spacial score (nSPS) is 34.1. The number of hydrogen-bond acceptors (Lipinski definition) is 3. The first-order valence-electron chi connectivity index (χ1n) is 22.7. The van der Waals surface area contributed by atoms with Gasteiger partial charge in [0.25, 0.3) is 0 Å². The maximum absolute atomic E-state index is 7.05. The smallest absolute Gasteiger partial charge is 0.126 e. The minimum atomic E-state index is 0.287. The van der Waals surface area contributed by atoms with Crippen LogP contribution in [-0.4, -0.2) is 41.2 Å². The molecule has 0 amide bonds. The first-order valence-corrected chi connectivity index (χ1v) is 22.7. The van der Waals surface area contributed by atoms with Gasteiger partial charge in [0.15, 0.2) is 0 Å². The molecule has 7 aliphatic rings. The first kappa shape index (κ1) is 34.7. The molecule has 6 fully saturated rings. The third kappa shape index (κ3) is 7.29. The molecule has 3 nitrogen and oxygen atoms in total. The Morgan fingerprint density at radius 1 is 0.451 bits per heavy atom. The Labute approximate surface area is 311 Å². The minimum absolute atomic E-state index is 0.287. The van der Waals surface area contributed by atoms with Gasteiger partial charge in [-0.25, -0.2) is 0 Å². The van der Waals surface area contributed by atoms with Crippen molar-refractivity contribution in [3.63, 3.8) is 0 Å². The Morgan fingerprint density at radius 3 is 1.71 bits per heavy atom. The third-order valence-corrected chi connectivity index (χ3v) is 15.8. The summed E-state index contributed by atoms with van der Waals surface area (Å²) in [7, 11) is 0. The summed E-state index contributed by atoms with van der Waals surface area (Å²) in [5.74, 6) is 4.25. The predicted molar refractivity (Wildman–Crippen MR) is 213 cm³/mol. The van der Waals surface area contributed by atoms with Crippen LogP contribution in [0.2, 0.25) is 0 Å². The molecule has 0 spiro atoms. The van der Waals surface area contributed by atoms with Crippen molar-refractivity contribution in [3.8, 4) is 5.75 Å². The van der Waals surface area contributed by atoms with E-state index in [4.69, 9.17) is 4.74 Å². The van der Waals surface area contributed by atoms with Gasteiger partial charge in [-0.1, -0.05) is 126 Å². The van der Waals surface area contributed by atoms with E-state index in [0.717, 1.165) is 35.9 Å². The number of hydrogen-bond donors (Lipinski definition) is 0. The second-order valence-electron chi connectivity index (χ2n) is 18.7. The number of ether oxygens (including phenoxy) is 1. The number of nitrogens with zero attached hydrogens (tertiary/aromatic N) is 2. The summed E-state index contributed by atoms with van der Waals surface area (Å²) >= 11 is 0.